The van der Waals surface area contributed by atoms with Gasteiger partial charge in [-0.1, -0.05) is 133 Å². The molecule has 6 aromatic carbocycles. The predicted molar refractivity (Wildman–Crippen MR) is 163 cm³/mol. The minimum atomic E-state index is -0.349. The number of benzene rings is 6. The smallest absolute Gasteiger partial charge is 0.0726 e. The van der Waals surface area contributed by atoms with Crippen molar-refractivity contribution in [3.8, 4) is 33.4 Å². The highest BCUT2D eigenvalue weighted by Crippen LogP contribution is 2.63. The molecule has 0 unspecified atom stereocenters. The van der Waals surface area contributed by atoms with Crippen molar-refractivity contribution in [1.29, 1.82) is 0 Å². The first-order valence-corrected chi connectivity index (χ1v) is 13.7. The van der Waals surface area contributed by atoms with E-state index in [4.69, 9.17) is 11.6 Å². The first-order valence-electron chi connectivity index (χ1n) is 13.3. The zero-order valence-electron chi connectivity index (χ0n) is 21.2. The van der Waals surface area contributed by atoms with E-state index in [1.165, 1.54) is 44.5 Å². The lowest BCUT2D eigenvalue weighted by Crippen LogP contribution is -2.25. The summed E-state index contributed by atoms with van der Waals surface area (Å²) in [6.07, 6.45) is 0. The molecule has 0 fully saturated rings. The highest BCUT2D eigenvalue weighted by atomic mass is 35.5. The van der Waals surface area contributed by atoms with Crippen molar-refractivity contribution >= 4 is 23.0 Å². The zero-order chi connectivity index (χ0) is 26.0. The van der Waals surface area contributed by atoms with Gasteiger partial charge in [0.15, 0.2) is 0 Å². The van der Waals surface area contributed by atoms with Gasteiger partial charge in [-0.2, -0.15) is 0 Å². The van der Waals surface area contributed by atoms with E-state index >= 15 is 0 Å². The Kier molecular flexibility index (Phi) is 4.86. The van der Waals surface area contributed by atoms with Crippen LogP contribution in [0.2, 0.25) is 5.02 Å². The summed E-state index contributed by atoms with van der Waals surface area (Å²) in [6.45, 7) is 0. The SMILES string of the molecule is Clc1cc(-c2ccccc2)ccc1Nc1cccc2c1-c1ccccc1C21c2ccccc2-c2ccccc21. The molecule has 0 radical (unpaired) electrons. The standard InChI is InChI=1S/C37H24ClN/c38-33-23-25(24-11-2-1-3-12-24)21-22-34(33)39-35-20-10-19-32-36(35)28-15-6-9-18-31(28)37(32)29-16-7-4-13-26(29)27-14-5-8-17-30(27)37/h1-23,39H. The van der Waals surface area contributed by atoms with E-state index < -0.39 is 0 Å². The molecule has 0 atom stereocenters. The molecule has 6 aromatic rings. The second-order valence-corrected chi connectivity index (χ2v) is 10.7. The number of fused-ring (bicyclic) bond motifs is 10. The summed E-state index contributed by atoms with van der Waals surface area (Å²) in [6, 6.07) is 49.9. The van der Waals surface area contributed by atoms with E-state index in [1.807, 2.05) is 12.1 Å². The molecule has 0 amide bonds. The molecular formula is C37H24ClN. The Morgan fingerprint density at radius 3 is 1.67 bits per heavy atom. The van der Waals surface area contributed by atoms with Crippen LogP contribution in [0.4, 0.5) is 11.4 Å². The van der Waals surface area contributed by atoms with Gasteiger partial charge in [-0.15, -0.1) is 0 Å². The minimum absolute atomic E-state index is 0.349. The van der Waals surface area contributed by atoms with Crippen LogP contribution in [0.15, 0.2) is 140 Å². The Hall–Kier alpha value is -4.59. The molecule has 184 valence electrons. The van der Waals surface area contributed by atoms with Gasteiger partial charge in [0.1, 0.15) is 0 Å². The van der Waals surface area contributed by atoms with E-state index in [1.54, 1.807) is 0 Å². The second-order valence-electron chi connectivity index (χ2n) is 10.3. The quantitative estimate of drug-likeness (QED) is 0.246. The average molecular weight is 518 g/mol. The molecule has 8 rings (SSSR count). The Morgan fingerprint density at radius 1 is 0.436 bits per heavy atom. The molecule has 0 saturated heterocycles. The fourth-order valence-electron chi connectivity index (χ4n) is 6.82. The summed E-state index contributed by atoms with van der Waals surface area (Å²) < 4.78 is 0. The van der Waals surface area contributed by atoms with Gasteiger partial charge in [-0.3, -0.25) is 0 Å². The molecule has 1 spiro atoms. The minimum Gasteiger partial charge on any atom is -0.354 e. The third-order valence-electron chi connectivity index (χ3n) is 8.37. The lowest BCUT2D eigenvalue weighted by molar-refractivity contribution is 0.794. The topological polar surface area (TPSA) is 12.0 Å². The monoisotopic (exact) mass is 517 g/mol. The zero-order valence-corrected chi connectivity index (χ0v) is 21.9. The third kappa shape index (κ3) is 3.08. The largest absolute Gasteiger partial charge is 0.354 e. The fraction of sp³-hybridized carbons (Fsp3) is 0.0270. The number of hydrogen-bond donors (Lipinski definition) is 1. The van der Waals surface area contributed by atoms with Crippen LogP contribution >= 0.6 is 11.6 Å². The summed E-state index contributed by atoms with van der Waals surface area (Å²) in [5, 5.41) is 4.41. The number of halogens is 1. The number of rotatable bonds is 3. The Morgan fingerprint density at radius 2 is 1.00 bits per heavy atom. The Bertz CT molecular complexity index is 1860. The summed E-state index contributed by atoms with van der Waals surface area (Å²) in [4.78, 5) is 0. The molecule has 2 aliphatic carbocycles. The predicted octanol–water partition coefficient (Wildman–Crippen LogP) is 10.1. The molecule has 39 heavy (non-hydrogen) atoms. The van der Waals surface area contributed by atoms with Crippen LogP contribution in [-0.4, -0.2) is 0 Å². The molecular weight excluding hydrogens is 494 g/mol. The van der Waals surface area contributed by atoms with Gasteiger partial charge in [-0.05, 0) is 68.3 Å². The van der Waals surface area contributed by atoms with Gasteiger partial charge in [0.2, 0.25) is 0 Å². The maximum absolute atomic E-state index is 6.87. The first-order chi connectivity index (χ1) is 19.3. The summed E-state index contributed by atoms with van der Waals surface area (Å²) in [7, 11) is 0. The summed E-state index contributed by atoms with van der Waals surface area (Å²) in [5.41, 5.74) is 14.3. The molecule has 0 aliphatic heterocycles. The van der Waals surface area contributed by atoms with Gasteiger partial charge >= 0.3 is 0 Å². The van der Waals surface area contributed by atoms with Crippen LogP contribution in [-0.2, 0) is 5.41 Å². The van der Waals surface area contributed by atoms with Crippen molar-refractivity contribution < 1.29 is 0 Å². The van der Waals surface area contributed by atoms with Gasteiger partial charge < -0.3 is 5.32 Å². The van der Waals surface area contributed by atoms with Gasteiger partial charge in [0.05, 0.1) is 16.1 Å². The van der Waals surface area contributed by atoms with Crippen LogP contribution < -0.4 is 5.32 Å². The molecule has 2 aliphatic rings. The third-order valence-corrected chi connectivity index (χ3v) is 8.68. The lowest BCUT2D eigenvalue weighted by Gasteiger charge is -2.30. The van der Waals surface area contributed by atoms with Crippen molar-refractivity contribution in [2.24, 2.45) is 0 Å². The molecule has 0 bridgehead atoms. The highest BCUT2D eigenvalue weighted by Gasteiger charge is 2.51. The van der Waals surface area contributed by atoms with Crippen molar-refractivity contribution in [2.75, 3.05) is 5.32 Å². The van der Waals surface area contributed by atoms with E-state index in [2.05, 4.69) is 133 Å². The maximum Gasteiger partial charge on any atom is 0.0726 e. The van der Waals surface area contributed by atoms with Gasteiger partial charge in [0, 0.05) is 11.3 Å². The molecule has 0 heterocycles. The molecule has 2 heteroatoms. The van der Waals surface area contributed by atoms with Gasteiger partial charge in [0.25, 0.3) is 0 Å². The fourth-order valence-corrected chi connectivity index (χ4v) is 7.05. The van der Waals surface area contributed by atoms with Crippen molar-refractivity contribution in [3.63, 3.8) is 0 Å². The second kappa shape index (κ2) is 8.46. The van der Waals surface area contributed by atoms with Crippen LogP contribution in [0.1, 0.15) is 22.3 Å². The van der Waals surface area contributed by atoms with E-state index in [0.717, 1.165) is 22.5 Å². The average Bonchev–Trinajstić information content (AvgIpc) is 3.47. The van der Waals surface area contributed by atoms with E-state index in [9.17, 15) is 0 Å². The van der Waals surface area contributed by atoms with E-state index in [0.29, 0.717) is 5.02 Å². The van der Waals surface area contributed by atoms with Crippen molar-refractivity contribution in [2.45, 2.75) is 5.41 Å². The number of anilines is 2. The van der Waals surface area contributed by atoms with Gasteiger partial charge in [-0.25, -0.2) is 0 Å². The van der Waals surface area contributed by atoms with Crippen LogP contribution in [0.5, 0.6) is 0 Å². The number of nitrogens with one attached hydrogen (secondary N) is 1. The highest BCUT2D eigenvalue weighted by molar-refractivity contribution is 6.33. The molecule has 0 saturated carbocycles. The van der Waals surface area contributed by atoms with Crippen molar-refractivity contribution in [3.05, 3.63) is 167 Å². The maximum atomic E-state index is 6.87. The summed E-state index contributed by atoms with van der Waals surface area (Å²) in [5.74, 6) is 0. The first kappa shape index (κ1) is 22.4. The Labute approximate surface area is 233 Å². The number of hydrogen-bond acceptors (Lipinski definition) is 1. The van der Waals surface area contributed by atoms with Crippen LogP contribution in [0.3, 0.4) is 0 Å². The van der Waals surface area contributed by atoms with Crippen LogP contribution in [0.25, 0.3) is 33.4 Å². The molecule has 1 nitrogen and oxygen atoms in total. The molecule has 0 aromatic heterocycles. The lowest BCUT2D eigenvalue weighted by atomic mass is 9.70. The molecule has 1 N–H and O–H groups in total. The van der Waals surface area contributed by atoms with E-state index in [-0.39, 0.29) is 5.41 Å². The normalized spacial score (nSPS) is 13.5. The Balaban J connectivity index is 1.33. The van der Waals surface area contributed by atoms with Crippen molar-refractivity contribution in [1.82, 2.24) is 0 Å². The summed E-state index contributed by atoms with van der Waals surface area (Å²) >= 11 is 6.87. The van der Waals surface area contributed by atoms with Crippen LogP contribution in [0, 0.1) is 0 Å².